The highest BCUT2D eigenvalue weighted by atomic mass is 35.5. The van der Waals surface area contributed by atoms with E-state index in [1.165, 1.54) is 0 Å². The first-order valence-corrected chi connectivity index (χ1v) is 7.50. The number of hydrogen-bond acceptors (Lipinski definition) is 3. The lowest BCUT2D eigenvalue weighted by atomic mass is 9.93. The molecular formula is C15H18ClN3O2. The maximum absolute atomic E-state index is 12.7. The van der Waals surface area contributed by atoms with Gasteiger partial charge in [0.25, 0.3) is 0 Å². The van der Waals surface area contributed by atoms with Crippen molar-refractivity contribution in [2.75, 3.05) is 0 Å². The normalized spacial score (nSPS) is 24.9. The molecule has 0 bridgehead atoms. The van der Waals surface area contributed by atoms with Crippen LogP contribution < -0.4 is 5.32 Å². The lowest BCUT2D eigenvalue weighted by Gasteiger charge is -2.44. The molecule has 2 fully saturated rings. The molecule has 1 N–H and O–H groups in total. The van der Waals surface area contributed by atoms with Gasteiger partial charge in [0.1, 0.15) is 11.6 Å². The van der Waals surface area contributed by atoms with Crippen molar-refractivity contribution >= 4 is 23.4 Å². The van der Waals surface area contributed by atoms with E-state index in [1.807, 2.05) is 0 Å². The van der Waals surface area contributed by atoms with Gasteiger partial charge in [-0.3, -0.25) is 14.6 Å². The molecule has 2 aliphatic rings. The van der Waals surface area contributed by atoms with Crippen LogP contribution >= 0.6 is 11.6 Å². The molecule has 0 radical (unpaired) electrons. The second-order valence-corrected chi connectivity index (χ2v) is 6.65. The number of nitrogens with zero attached hydrogens (tertiary/aromatic N) is 2. The molecule has 6 heteroatoms. The number of rotatable bonds is 3. The van der Waals surface area contributed by atoms with Gasteiger partial charge in [0, 0.05) is 18.9 Å². The second-order valence-electron chi connectivity index (χ2n) is 6.24. The van der Waals surface area contributed by atoms with Crippen LogP contribution in [0, 0.1) is 5.92 Å². The van der Waals surface area contributed by atoms with Crippen LogP contribution in [0.4, 0.5) is 0 Å². The molecular weight excluding hydrogens is 290 g/mol. The standard InChI is InChI=1S/C15H18ClN3O2/c1-15(2)14(21)18-12(9-3-4-9)13(20)19(15)8-10-5-6-17-7-11(10)16/h5-7,9,12H,3-4,8H2,1-2H3,(H,18,21). The van der Waals surface area contributed by atoms with E-state index in [4.69, 9.17) is 11.6 Å². The third kappa shape index (κ3) is 2.50. The predicted molar refractivity (Wildman–Crippen MR) is 78.5 cm³/mol. The number of nitrogens with one attached hydrogen (secondary N) is 1. The summed E-state index contributed by atoms with van der Waals surface area (Å²) in [6, 6.07) is 1.40. The van der Waals surface area contributed by atoms with Gasteiger partial charge in [-0.05, 0) is 44.2 Å². The van der Waals surface area contributed by atoms with Gasteiger partial charge < -0.3 is 10.2 Å². The van der Waals surface area contributed by atoms with Crippen LogP contribution in [0.5, 0.6) is 0 Å². The Labute approximate surface area is 128 Å². The minimum Gasteiger partial charge on any atom is -0.342 e. The van der Waals surface area contributed by atoms with Gasteiger partial charge in [0.2, 0.25) is 11.8 Å². The largest absolute Gasteiger partial charge is 0.342 e. The van der Waals surface area contributed by atoms with Crippen molar-refractivity contribution in [3.63, 3.8) is 0 Å². The van der Waals surface area contributed by atoms with Crippen molar-refractivity contribution in [2.24, 2.45) is 5.92 Å². The number of carbonyl (C=O) groups is 2. The molecule has 1 aliphatic carbocycles. The van der Waals surface area contributed by atoms with E-state index in [-0.39, 0.29) is 23.8 Å². The second kappa shape index (κ2) is 4.98. The highest BCUT2D eigenvalue weighted by Gasteiger charge is 2.50. The van der Waals surface area contributed by atoms with Crippen LogP contribution in [0.2, 0.25) is 5.02 Å². The summed E-state index contributed by atoms with van der Waals surface area (Å²) >= 11 is 6.13. The van der Waals surface area contributed by atoms with Gasteiger partial charge in [-0.15, -0.1) is 0 Å². The zero-order valence-corrected chi connectivity index (χ0v) is 12.9. The summed E-state index contributed by atoms with van der Waals surface area (Å²) < 4.78 is 0. The number of piperazine rings is 1. The van der Waals surface area contributed by atoms with Crippen LogP contribution in [0.25, 0.3) is 0 Å². The smallest absolute Gasteiger partial charge is 0.246 e. The summed E-state index contributed by atoms with van der Waals surface area (Å²) in [4.78, 5) is 30.7. The number of halogens is 1. The third-order valence-electron chi connectivity index (χ3n) is 4.33. The van der Waals surface area contributed by atoms with Crippen molar-refractivity contribution < 1.29 is 9.59 Å². The quantitative estimate of drug-likeness (QED) is 0.925. The van der Waals surface area contributed by atoms with Crippen molar-refractivity contribution in [3.05, 3.63) is 29.0 Å². The molecule has 2 heterocycles. The van der Waals surface area contributed by atoms with Gasteiger partial charge in [-0.2, -0.15) is 0 Å². The Balaban J connectivity index is 1.90. The van der Waals surface area contributed by atoms with Crippen LogP contribution in [-0.2, 0) is 16.1 Å². The highest BCUT2D eigenvalue weighted by molar-refractivity contribution is 6.31. The highest BCUT2D eigenvalue weighted by Crippen LogP contribution is 2.37. The lowest BCUT2D eigenvalue weighted by Crippen LogP contribution is -2.68. The Morgan fingerprint density at radius 1 is 1.43 bits per heavy atom. The molecule has 3 rings (SSSR count). The third-order valence-corrected chi connectivity index (χ3v) is 4.67. The predicted octanol–water partition coefficient (Wildman–Crippen LogP) is 1.75. The molecule has 1 saturated carbocycles. The molecule has 1 aromatic rings. The molecule has 112 valence electrons. The molecule has 1 aromatic heterocycles. The molecule has 1 atom stereocenters. The van der Waals surface area contributed by atoms with E-state index < -0.39 is 5.54 Å². The molecule has 0 aromatic carbocycles. The van der Waals surface area contributed by atoms with E-state index in [0.717, 1.165) is 18.4 Å². The van der Waals surface area contributed by atoms with Crippen LogP contribution in [0.3, 0.4) is 0 Å². The van der Waals surface area contributed by atoms with Crippen molar-refractivity contribution in [3.8, 4) is 0 Å². The van der Waals surface area contributed by atoms with E-state index in [0.29, 0.717) is 11.6 Å². The van der Waals surface area contributed by atoms with Gasteiger partial charge in [-0.25, -0.2) is 0 Å². The Morgan fingerprint density at radius 3 is 2.76 bits per heavy atom. The minimum atomic E-state index is -0.880. The van der Waals surface area contributed by atoms with E-state index >= 15 is 0 Å². The van der Waals surface area contributed by atoms with Crippen LogP contribution in [-0.4, -0.2) is 33.3 Å². The van der Waals surface area contributed by atoms with Gasteiger partial charge in [-0.1, -0.05) is 11.6 Å². The summed E-state index contributed by atoms with van der Waals surface area (Å²) in [6.07, 6.45) is 5.19. The molecule has 5 nitrogen and oxygen atoms in total. The van der Waals surface area contributed by atoms with Crippen molar-refractivity contribution in [2.45, 2.75) is 44.8 Å². The SMILES string of the molecule is CC1(C)C(=O)NC(C2CC2)C(=O)N1Cc1ccncc1Cl. The Morgan fingerprint density at radius 2 is 2.14 bits per heavy atom. The zero-order chi connectivity index (χ0) is 15.2. The Bertz CT molecular complexity index is 598. The summed E-state index contributed by atoms with van der Waals surface area (Å²) in [6.45, 7) is 3.85. The molecule has 1 saturated heterocycles. The number of amides is 2. The van der Waals surface area contributed by atoms with Gasteiger partial charge in [0.15, 0.2) is 0 Å². The maximum Gasteiger partial charge on any atom is 0.246 e. The van der Waals surface area contributed by atoms with E-state index in [2.05, 4.69) is 10.3 Å². The fraction of sp³-hybridized carbons (Fsp3) is 0.533. The van der Waals surface area contributed by atoms with Crippen molar-refractivity contribution in [1.82, 2.24) is 15.2 Å². The number of pyridine rings is 1. The fourth-order valence-corrected chi connectivity index (χ4v) is 2.85. The summed E-state index contributed by atoms with van der Waals surface area (Å²) in [5.74, 6) is 0.159. The Hall–Kier alpha value is -1.62. The molecule has 1 aliphatic heterocycles. The van der Waals surface area contributed by atoms with Crippen LogP contribution in [0.1, 0.15) is 32.3 Å². The number of carbonyl (C=O) groups excluding carboxylic acids is 2. The average Bonchev–Trinajstić information content (AvgIpc) is 3.25. The molecule has 2 amide bonds. The first-order valence-electron chi connectivity index (χ1n) is 7.12. The summed E-state index contributed by atoms with van der Waals surface area (Å²) in [5, 5.41) is 3.38. The van der Waals surface area contributed by atoms with E-state index in [1.54, 1.807) is 37.2 Å². The monoisotopic (exact) mass is 307 g/mol. The van der Waals surface area contributed by atoms with E-state index in [9.17, 15) is 9.59 Å². The first-order chi connectivity index (χ1) is 9.91. The topological polar surface area (TPSA) is 62.3 Å². The zero-order valence-electron chi connectivity index (χ0n) is 12.1. The Kier molecular flexibility index (Phi) is 3.40. The van der Waals surface area contributed by atoms with Gasteiger partial charge >= 0.3 is 0 Å². The number of hydrogen-bond donors (Lipinski definition) is 1. The summed E-state index contributed by atoms with van der Waals surface area (Å²) in [7, 11) is 0. The lowest BCUT2D eigenvalue weighted by molar-refractivity contribution is -0.156. The summed E-state index contributed by atoms with van der Waals surface area (Å²) in [5.41, 5.74) is -0.0768. The maximum atomic E-state index is 12.7. The fourth-order valence-electron chi connectivity index (χ4n) is 2.67. The number of aromatic nitrogens is 1. The average molecular weight is 308 g/mol. The first kappa shape index (κ1) is 14.3. The van der Waals surface area contributed by atoms with Crippen molar-refractivity contribution in [1.29, 1.82) is 0 Å². The van der Waals surface area contributed by atoms with Gasteiger partial charge in [0.05, 0.1) is 5.02 Å². The molecule has 0 spiro atoms. The minimum absolute atomic E-state index is 0.0185. The molecule has 1 unspecified atom stereocenters. The van der Waals surface area contributed by atoms with Crippen LogP contribution in [0.15, 0.2) is 18.5 Å². The molecule has 21 heavy (non-hydrogen) atoms.